The zero-order chi connectivity index (χ0) is 15.2. The van der Waals surface area contributed by atoms with E-state index in [4.69, 9.17) is 11.0 Å². The second-order valence-corrected chi connectivity index (χ2v) is 4.92. The van der Waals surface area contributed by atoms with Crippen LogP contribution in [0.25, 0.3) is 0 Å². The molecule has 0 unspecified atom stereocenters. The van der Waals surface area contributed by atoms with Gasteiger partial charge in [0.05, 0.1) is 0 Å². The first-order valence-corrected chi connectivity index (χ1v) is 6.81. The smallest absolute Gasteiger partial charge is 0.224 e. The third kappa shape index (κ3) is 3.86. The number of nitrogens with one attached hydrogen (secondary N) is 1. The number of nitrogens with two attached hydrogens (primary N) is 1. The van der Waals surface area contributed by atoms with Gasteiger partial charge in [-0.25, -0.2) is 0 Å². The third-order valence-electron chi connectivity index (χ3n) is 3.27. The summed E-state index contributed by atoms with van der Waals surface area (Å²) in [4.78, 5) is 11.9. The van der Waals surface area contributed by atoms with E-state index in [0.717, 1.165) is 11.3 Å². The summed E-state index contributed by atoms with van der Waals surface area (Å²) in [6.07, 6.45) is 2.94. The molecule has 1 aromatic heterocycles. The van der Waals surface area contributed by atoms with E-state index in [0.29, 0.717) is 30.8 Å². The van der Waals surface area contributed by atoms with Crippen molar-refractivity contribution < 1.29 is 4.79 Å². The number of hydrogen-bond donors (Lipinski definition) is 2. The van der Waals surface area contributed by atoms with Gasteiger partial charge >= 0.3 is 0 Å². The summed E-state index contributed by atoms with van der Waals surface area (Å²) in [6, 6.07) is 11.1. The van der Waals surface area contributed by atoms with Gasteiger partial charge in [-0.1, -0.05) is 0 Å². The van der Waals surface area contributed by atoms with Crippen molar-refractivity contribution >= 4 is 17.3 Å². The summed E-state index contributed by atoms with van der Waals surface area (Å²) in [5, 5.41) is 11.8. The predicted octanol–water partition coefficient (Wildman–Crippen LogP) is 2.67. The number of amides is 1. The maximum absolute atomic E-state index is 11.9. The standard InChI is InChI=1S/C16H18N4O/c1-12-10-13(18)6-7-15(12)19-16(21)5-3-9-20-8-2-4-14(20)11-17/h2,4,6-8,10H,3,5,9,18H2,1H3,(H,19,21). The number of nitriles is 1. The van der Waals surface area contributed by atoms with Crippen LogP contribution in [-0.2, 0) is 11.3 Å². The van der Waals surface area contributed by atoms with E-state index < -0.39 is 0 Å². The number of hydrogen-bond acceptors (Lipinski definition) is 3. The summed E-state index contributed by atoms with van der Waals surface area (Å²) < 4.78 is 1.85. The average Bonchev–Trinajstić information content (AvgIpc) is 2.89. The van der Waals surface area contributed by atoms with Gasteiger partial charge in [-0.15, -0.1) is 0 Å². The maximum Gasteiger partial charge on any atom is 0.224 e. The van der Waals surface area contributed by atoms with Gasteiger partial charge in [-0.05, 0) is 49.2 Å². The molecule has 0 aliphatic rings. The van der Waals surface area contributed by atoms with Crippen LogP contribution in [0.3, 0.4) is 0 Å². The second kappa shape index (κ2) is 6.62. The summed E-state index contributed by atoms with van der Waals surface area (Å²) in [7, 11) is 0. The van der Waals surface area contributed by atoms with Crippen molar-refractivity contribution in [3.8, 4) is 6.07 Å². The van der Waals surface area contributed by atoms with Crippen molar-refractivity contribution in [1.29, 1.82) is 5.26 Å². The molecule has 108 valence electrons. The highest BCUT2D eigenvalue weighted by molar-refractivity contribution is 5.91. The van der Waals surface area contributed by atoms with Gasteiger partial charge < -0.3 is 15.6 Å². The first-order chi connectivity index (χ1) is 10.1. The number of benzene rings is 1. The number of rotatable bonds is 5. The predicted molar refractivity (Wildman–Crippen MR) is 82.6 cm³/mol. The topological polar surface area (TPSA) is 83.8 Å². The van der Waals surface area contributed by atoms with Crippen LogP contribution in [0.2, 0.25) is 0 Å². The molecule has 0 fully saturated rings. The molecule has 0 spiro atoms. The average molecular weight is 282 g/mol. The number of anilines is 2. The molecule has 1 amide bonds. The van der Waals surface area contributed by atoms with Gasteiger partial charge in [0, 0.05) is 30.5 Å². The van der Waals surface area contributed by atoms with E-state index in [1.54, 1.807) is 12.1 Å². The molecule has 5 nitrogen and oxygen atoms in total. The largest absolute Gasteiger partial charge is 0.399 e. The minimum atomic E-state index is -0.0338. The van der Waals surface area contributed by atoms with Crippen LogP contribution in [0.5, 0.6) is 0 Å². The third-order valence-corrected chi connectivity index (χ3v) is 3.27. The van der Waals surface area contributed by atoms with Crippen LogP contribution in [-0.4, -0.2) is 10.5 Å². The summed E-state index contributed by atoms with van der Waals surface area (Å²) in [5.41, 5.74) is 8.71. The normalized spacial score (nSPS) is 10.1. The second-order valence-electron chi connectivity index (χ2n) is 4.92. The molecule has 0 aliphatic heterocycles. The first-order valence-electron chi connectivity index (χ1n) is 6.81. The monoisotopic (exact) mass is 282 g/mol. The van der Waals surface area contributed by atoms with Crippen molar-refractivity contribution in [2.45, 2.75) is 26.3 Å². The number of carbonyl (C=O) groups excluding carboxylic acids is 1. The Morgan fingerprint density at radius 1 is 1.43 bits per heavy atom. The number of nitrogens with zero attached hydrogens (tertiary/aromatic N) is 2. The van der Waals surface area contributed by atoms with Crippen LogP contribution < -0.4 is 11.1 Å². The Morgan fingerprint density at radius 3 is 2.95 bits per heavy atom. The lowest BCUT2D eigenvalue weighted by Crippen LogP contribution is -2.13. The minimum Gasteiger partial charge on any atom is -0.399 e. The lowest BCUT2D eigenvalue weighted by atomic mass is 10.1. The quantitative estimate of drug-likeness (QED) is 0.827. The van der Waals surface area contributed by atoms with E-state index in [-0.39, 0.29) is 5.91 Å². The highest BCUT2D eigenvalue weighted by atomic mass is 16.1. The van der Waals surface area contributed by atoms with Crippen molar-refractivity contribution in [2.75, 3.05) is 11.1 Å². The molecule has 1 heterocycles. The number of aryl methyl sites for hydroxylation is 2. The number of carbonyl (C=O) groups is 1. The molecule has 2 rings (SSSR count). The fourth-order valence-corrected chi connectivity index (χ4v) is 2.16. The SMILES string of the molecule is Cc1cc(N)ccc1NC(=O)CCCn1cccc1C#N. The molecule has 5 heteroatoms. The zero-order valence-electron chi connectivity index (χ0n) is 12.0. The lowest BCUT2D eigenvalue weighted by Gasteiger charge is -2.09. The van der Waals surface area contributed by atoms with E-state index in [1.165, 1.54) is 0 Å². The van der Waals surface area contributed by atoms with Crippen LogP contribution >= 0.6 is 0 Å². The number of nitrogen functional groups attached to an aromatic ring is 1. The molecule has 0 bridgehead atoms. The summed E-state index contributed by atoms with van der Waals surface area (Å²) in [6.45, 7) is 2.56. The van der Waals surface area contributed by atoms with Crippen LogP contribution in [0, 0.1) is 18.3 Å². The van der Waals surface area contributed by atoms with Gasteiger partial charge in [0.15, 0.2) is 0 Å². The lowest BCUT2D eigenvalue weighted by molar-refractivity contribution is -0.116. The Bertz CT molecular complexity index is 682. The van der Waals surface area contributed by atoms with Crippen LogP contribution in [0.15, 0.2) is 36.5 Å². The fourth-order valence-electron chi connectivity index (χ4n) is 2.16. The molecule has 0 radical (unpaired) electrons. The Labute approximate surface area is 124 Å². The van der Waals surface area contributed by atoms with E-state index in [1.807, 2.05) is 35.9 Å². The molecule has 3 N–H and O–H groups in total. The van der Waals surface area contributed by atoms with E-state index in [9.17, 15) is 4.79 Å². The molecule has 1 aromatic carbocycles. The van der Waals surface area contributed by atoms with Crippen molar-refractivity contribution in [3.63, 3.8) is 0 Å². The Balaban J connectivity index is 1.84. The molecule has 21 heavy (non-hydrogen) atoms. The van der Waals surface area contributed by atoms with Crippen molar-refractivity contribution in [2.24, 2.45) is 0 Å². The molecule has 2 aromatic rings. The van der Waals surface area contributed by atoms with E-state index >= 15 is 0 Å². The molecular weight excluding hydrogens is 264 g/mol. The highest BCUT2D eigenvalue weighted by Crippen LogP contribution is 2.18. The molecule has 0 saturated carbocycles. The van der Waals surface area contributed by atoms with Gasteiger partial charge in [0.1, 0.15) is 11.8 Å². The highest BCUT2D eigenvalue weighted by Gasteiger charge is 2.06. The number of aromatic nitrogens is 1. The summed E-state index contributed by atoms with van der Waals surface area (Å²) >= 11 is 0. The van der Waals surface area contributed by atoms with Crippen molar-refractivity contribution in [3.05, 3.63) is 47.8 Å². The fraction of sp³-hybridized carbons (Fsp3) is 0.250. The summed E-state index contributed by atoms with van der Waals surface area (Å²) in [5.74, 6) is -0.0338. The van der Waals surface area contributed by atoms with E-state index in [2.05, 4.69) is 11.4 Å². The minimum absolute atomic E-state index is 0.0338. The molecule has 0 atom stereocenters. The molecule has 0 aliphatic carbocycles. The Kier molecular flexibility index (Phi) is 4.62. The first kappa shape index (κ1) is 14.7. The maximum atomic E-state index is 11.9. The molecular formula is C16H18N4O. The zero-order valence-corrected chi connectivity index (χ0v) is 12.0. The van der Waals surface area contributed by atoms with Gasteiger partial charge in [-0.3, -0.25) is 4.79 Å². The van der Waals surface area contributed by atoms with Gasteiger partial charge in [0.25, 0.3) is 0 Å². The van der Waals surface area contributed by atoms with Gasteiger partial charge in [0.2, 0.25) is 5.91 Å². The van der Waals surface area contributed by atoms with Gasteiger partial charge in [-0.2, -0.15) is 5.26 Å². The van der Waals surface area contributed by atoms with Crippen LogP contribution in [0.1, 0.15) is 24.1 Å². The Morgan fingerprint density at radius 2 is 2.24 bits per heavy atom. The Hall–Kier alpha value is -2.74. The van der Waals surface area contributed by atoms with Crippen LogP contribution in [0.4, 0.5) is 11.4 Å². The van der Waals surface area contributed by atoms with Crippen molar-refractivity contribution in [1.82, 2.24) is 4.57 Å². The molecule has 0 saturated heterocycles.